The highest BCUT2D eigenvalue weighted by molar-refractivity contribution is 5.71. The van der Waals surface area contributed by atoms with Gasteiger partial charge >= 0.3 is 17.9 Å². The minimum absolute atomic E-state index is 0.133. The lowest BCUT2D eigenvalue weighted by Crippen LogP contribution is -2.30. The molecule has 0 aromatic heterocycles. The number of carbonyl (C=O) groups is 3. The SMILES string of the molecule is CC\C=C/C=C\C=C/C=C\C=C\C=C/C=C\CCCCCC(=O)OCC(COC(=O)CCC/C=C\CCCCCC)OC(=O)CCC/C=C\C/C=C\C/C=C\CCCCCCCC. The number of ether oxygens (including phenoxy) is 3. The molecule has 1 unspecified atom stereocenters. The molecular formula is C57H88O6. The van der Waals surface area contributed by atoms with E-state index in [-0.39, 0.29) is 50.4 Å². The van der Waals surface area contributed by atoms with Crippen molar-refractivity contribution in [3.63, 3.8) is 0 Å². The lowest BCUT2D eigenvalue weighted by molar-refractivity contribution is -0.167. The summed E-state index contributed by atoms with van der Waals surface area (Å²) in [6, 6.07) is 0. The van der Waals surface area contributed by atoms with E-state index in [0.29, 0.717) is 19.3 Å². The fourth-order valence-electron chi connectivity index (χ4n) is 6.09. The molecular weight excluding hydrogens is 781 g/mol. The van der Waals surface area contributed by atoms with Gasteiger partial charge in [0.1, 0.15) is 13.2 Å². The van der Waals surface area contributed by atoms with E-state index in [9.17, 15) is 14.4 Å². The third-order valence-corrected chi connectivity index (χ3v) is 9.80. The van der Waals surface area contributed by atoms with E-state index in [2.05, 4.69) is 81.5 Å². The van der Waals surface area contributed by atoms with Crippen LogP contribution in [-0.4, -0.2) is 37.2 Å². The molecule has 0 aromatic rings. The molecule has 0 saturated carbocycles. The Morgan fingerprint density at radius 2 is 0.698 bits per heavy atom. The molecule has 0 aliphatic heterocycles. The second-order valence-electron chi connectivity index (χ2n) is 15.8. The van der Waals surface area contributed by atoms with E-state index in [1.54, 1.807) is 0 Å². The predicted octanol–water partition coefficient (Wildman–Crippen LogP) is 16.3. The molecule has 0 aliphatic carbocycles. The summed E-state index contributed by atoms with van der Waals surface area (Å²) in [5, 5.41) is 0. The van der Waals surface area contributed by atoms with Crippen molar-refractivity contribution < 1.29 is 28.6 Å². The van der Waals surface area contributed by atoms with Crippen molar-refractivity contribution in [3.8, 4) is 0 Å². The molecule has 1 atom stereocenters. The summed E-state index contributed by atoms with van der Waals surface area (Å²) >= 11 is 0. The molecule has 0 spiro atoms. The maximum absolute atomic E-state index is 12.7. The van der Waals surface area contributed by atoms with Gasteiger partial charge in [-0.3, -0.25) is 14.4 Å². The second-order valence-corrected chi connectivity index (χ2v) is 15.8. The van der Waals surface area contributed by atoms with Gasteiger partial charge in [0, 0.05) is 19.3 Å². The molecule has 352 valence electrons. The fourth-order valence-corrected chi connectivity index (χ4v) is 6.09. The number of hydrogen-bond acceptors (Lipinski definition) is 6. The number of allylic oxidation sites excluding steroid dienone is 22. The van der Waals surface area contributed by atoms with Crippen LogP contribution in [-0.2, 0) is 28.6 Å². The molecule has 0 N–H and O–H groups in total. The van der Waals surface area contributed by atoms with Gasteiger partial charge < -0.3 is 14.2 Å². The molecule has 0 aliphatic rings. The molecule has 0 amide bonds. The van der Waals surface area contributed by atoms with E-state index in [4.69, 9.17) is 14.2 Å². The van der Waals surface area contributed by atoms with Gasteiger partial charge in [0.15, 0.2) is 6.10 Å². The topological polar surface area (TPSA) is 78.9 Å². The van der Waals surface area contributed by atoms with Gasteiger partial charge in [-0.05, 0) is 89.9 Å². The Bertz CT molecular complexity index is 1420. The number of rotatable bonds is 42. The van der Waals surface area contributed by atoms with Crippen molar-refractivity contribution in [2.75, 3.05) is 13.2 Å². The van der Waals surface area contributed by atoms with Crippen LogP contribution in [0.1, 0.15) is 188 Å². The van der Waals surface area contributed by atoms with Crippen LogP contribution >= 0.6 is 0 Å². The summed E-state index contributed by atoms with van der Waals surface area (Å²) < 4.78 is 16.6. The summed E-state index contributed by atoms with van der Waals surface area (Å²) in [4.78, 5) is 37.8. The Labute approximate surface area is 385 Å². The predicted molar refractivity (Wildman–Crippen MR) is 269 cm³/mol. The van der Waals surface area contributed by atoms with E-state index in [1.165, 1.54) is 70.6 Å². The molecule has 63 heavy (non-hydrogen) atoms. The third kappa shape index (κ3) is 48.4. The number of carbonyl (C=O) groups excluding carboxylic acids is 3. The van der Waals surface area contributed by atoms with Crippen molar-refractivity contribution >= 4 is 17.9 Å². The minimum Gasteiger partial charge on any atom is -0.462 e. The molecule has 0 heterocycles. The van der Waals surface area contributed by atoms with Gasteiger partial charge in [-0.1, -0.05) is 212 Å². The molecule has 0 bridgehead atoms. The van der Waals surface area contributed by atoms with Crippen LogP contribution < -0.4 is 0 Å². The smallest absolute Gasteiger partial charge is 0.306 e. The standard InChI is InChI=1S/C57H88O6/c1-4-7-10-13-16-19-21-23-25-27-28-30-31-33-35-38-41-44-47-50-56(59)62-53-54(52-61-55(58)49-46-43-40-37-18-15-12-9-6-3)63-57(60)51-48-45-42-39-36-34-32-29-26-24-22-20-17-14-11-8-5-2/h7,10,13,16,19,21,23-28,30-35,37,39-40,42,54H,4-6,8-9,11-12,14-15,17-18,20,22,29,36,38,41,43-53H2,1-3H3/b10-7-,16-13-,21-19-,25-23-,26-24-,28-27+,31-30-,34-32-,35-33-,40-37-,42-39-. The average molecular weight is 869 g/mol. The second kappa shape index (κ2) is 50.2. The quantitative estimate of drug-likeness (QED) is 0.0200. The first-order valence-electron chi connectivity index (χ1n) is 24.8. The zero-order valence-electron chi connectivity index (χ0n) is 40.0. The molecule has 0 rings (SSSR count). The Kier molecular flexibility index (Phi) is 46.7. The average Bonchev–Trinajstić information content (AvgIpc) is 3.28. The van der Waals surface area contributed by atoms with Crippen molar-refractivity contribution in [1.82, 2.24) is 0 Å². The number of esters is 3. The highest BCUT2D eigenvalue weighted by Crippen LogP contribution is 2.10. The van der Waals surface area contributed by atoms with Crippen molar-refractivity contribution in [2.45, 2.75) is 194 Å². The van der Waals surface area contributed by atoms with Gasteiger partial charge in [0.2, 0.25) is 0 Å². The number of hydrogen-bond donors (Lipinski definition) is 0. The minimum atomic E-state index is -0.838. The fraction of sp³-hybridized carbons (Fsp3) is 0.561. The van der Waals surface area contributed by atoms with Gasteiger partial charge in [0.25, 0.3) is 0 Å². The summed E-state index contributed by atoms with van der Waals surface area (Å²) in [6.07, 6.45) is 70.2. The maximum atomic E-state index is 12.7. The van der Waals surface area contributed by atoms with Gasteiger partial charge in [-0.2, -0.15) is 0 Å². The Morgan fingerprint density at radius 1 is 0.349 bits per heavy atom. The lowest BCUT2D eigenvalue weighted by Gasteiger charge is -2.18. The molecule has 6 nitrogen and oxygen atoms in total. The van der Waals surface area contributed by atoms with E-state index >= 15 is 0 Å². The Morgan fingerprint density at radius 3 is 1.21 bits per heavy atom. The van der Waals surface area contributed by atoms with Crippen LogP contribution in [0.3, 0.4) is 0 Å². The lowest BCUT2D eigenvalue weighted by atomic mass is 10.1. The Hall–Kier alpha value is -4.45. The molecule has 0 saturated heterocycles. The van der Waals surface area contributed by atoms with Crippen LogP contribution in [0.15, 0.2) is 134 Å². The normalized spacial score (nSPS) is 13.3. The van der Waals surface area contributed by atoms with Gasteiger partial charge in [-0.25, -0.2) is 0 Å². The first-order chi connectivity index (χ1) is 31.0. The van der Waals surface area contributed by atoms with Crippen molar-refractivity contribution in [1.29, 1.82) is 0 Å². The van der Waals surface area contributed by atoms with Crippen molar-refractivity contribution in [2.24, 2.45) is 0 Å². The molecule has 6 heteroatoms. The van der Waals surface area contributed by atoms with Crippen molar-refractivity contribution in [3.05, 3.63) is 134 Å². The summed E-state index contributed by atoms with van der Waals surface area (Å²) in [5.74, 6) is -1.08. The third-order valence-electron chi connectivity index (χ3n) is 9.80. The maximum Gasteiger partial charge on any atom is 0.306 e. The van der Waals surface area contributed by atoms with Crippen LogP contribution in [0.2, 0.25) is 0 Å². The van der Waals surface area contributed by atoms with Crippen LogP contribution in [0.4, 0.5) is 0 Å². The highest BCUT2D eigenvalue weighted by atomic mass is 16.6. The summed E-state index contributed by atoms with van der Waals surface area (Å²) in [7, 11) is 0. The molecule has 0 aromatic carbocycles. The first-order valence-corrected chi connectivity index (χ1v) is 24.8. The monoisotopic (exact) mass is 869 g/mol. The largest absolute Gasteiger partial charge is 0.462 e. The van der Waals surface area contributed by atoms with E-state index < -0.39 is 6.10 Å². The van der Waals surface area contributed by atoms with Crippen LogP contribution in [0.25, 0.3) is 0 Å². The van der Waals surface area contributed by atoms with E-state index in [0.717, 1.165) is 57.8 Å². The summed E-state index contributed by atoms with van der Waals surface area (Å²) in [5.41, 5.74) is 0. The number of unbranched alkanes of at least 4 members (excludes halogenated alkanes) is 15. The first kappa shape index (κ1) is 58.6. The zero-order chi connectivity index (χ0) is 45.8. The van der Waals surface area contributed by atoms with Crippen LogP contribution in [0, 0.1) is 0 Å². The highest BCUT2D eigenvalue weighted by Gasteiger charge is 2.19. The van der Waals surface area contributed by atoms with E-state index in [1.807, 2.05) is 72.9 Å². The van der Waals surface area contributed by atoms with Gasteiger partial charge in [0.05, 0.1) is 0 Å². The zero-order valence-corrected chi connectivity index (χ0v) is 40.0. The van der Waals surface area contributed by atoms with Crippen LogP contribution in [0.5, 0.6) is 0 Å². The molecule has 0 fully saturated rings. The van der Waals surface area contributed by atoms with Gasteiger partial charge in [-0.15, -0.1) is 0 Å². The summed E-state index contributed by atoms with van der Waals surface area (Å²) in [6.45, 7) is 6.31. The molecule has 0 radical (unpaired) electrons. The Balaban J connectivity index is 4.58.